The molecule has 4 nitrogen and oxygen atoms in total. The van der Waals surface area contributed by atoms with Crippen molar-refractivity contribution < 1.29 is 9.21 Å². The van der Waals surface area contributed by atoms with Gasteiger partial charge in [-0.15, -0.1) is 0 Å². The Morgan fingerprint density at radius 2 is 2.25 bits per heavy atom. The van der Waals surface area contributed by atoms with Crippen LogP contribution < -0.4 is 10.6 Å². The minimum absolute atomic E-state index is 0.000281. The number of benzene rings is 1. The smallest absolute Gasteiger partial charge is 0.251 e. The largest absolute Gasteiger partial charge is 0.461 e. The Kier molecular flexibility index (Phi) is 2.60. The number of carbonyl (C=O) groups is 1. The molecular formula is C16H18N2O2. The molecular weight excluding hydrogens is 252 g/mol. The molecule has 0 spiro atoms. The number of hydrogen-bond donors (Lipinski definition) is 2. The summed E-state index contributed by atoms with van der Waals surface area (Å²) in [5.74, 6) is 0.871. The lowest BCUT2D eigenvalue weighted by atomic mass is 9.95. The number of hydrogen-bond acceptors (Lipinski definition) is 3. The van der Waals surface area contributed by atoms with Crippen LogP contribution in [0.1, 0.15) is 35.4 Å². The van der Waals surface area contributed by atoms with Crippen molar-refractivity contribution in [3.05, 3.63) is 35.6 Å². The van der Waals surface area contributed by atoms with E-state index in [1.165, 1.54) is 12.8 Å². The van der Waals surface area contributed by atoms with Crippen molar-refractivity contribution in [1.29, 1.82) is 0 Å². The average molecular weight is 270 g/mol. The van der Waals surface area contributed by atoms with E-state index in [4.69, 9.17) is 4.42 Å². The van der Waals surface area contributed by atoms with Crippen molar-refractivity contribution in [2.75, 3.05) is 0 Å². The van der Waals surface area contributed by atoms with Crippen LogP contribution in [0, 0.1) is 6.92 Å². The van der Waals surface area contributed by atoms with Crippen LogP contribution in [-0.4, -0.2) is 24.0 Å². The Morgan fingerprint density at radius 1 is 1.35 bits per heavy atom. The maximum atomic E-state index is 12.3. The maximum absolute atomic E-state index is 12.3. The average Bonchev–Trinajstić information content (AvgIpc) is 3.10. The van der Waals surface area contributed by atoms with E-state index in [1.54, 1.807) is 0 Å². The molecule has 2 saturated heterocycles. The van der Waals surface area contributed by atoms with E-state index in [-0.39, 0.29) is 11.9 Å². The van der Waals surface area contributed by atoms with Gasteiger partial charge in [0.15, 0.2) is 0 Å². The van der Waals surface area contributed by atoms with Gasteiger partial charge in [-0.05, 0) is 44.4 Å². The summed E-state index contributed by atoms with van der Waals surface area (Å²) in [5.41, 5.74) is 1.45. The second kappa shape index (κ2) is 4.35. The normalized spacial score (nSPS) is 28.1. The molecule has 2 aliphatic rings. The van der Waals surface area contributed by atoms with Gasteiger partial charge >= 0.3 is 0 Å². The Hall–Kier alpha value is -1.81. The van der Waals surface area contributed by atoms with Crippen LogP contribution in [0.5, 0.6) is 0 Å². The molecule has 0 radical (unpaired) electrons. The Labute approximate surface area is 117 Å². The van der Waals surface area contributed by atoms with Gasteiger partial charge < -0.3 is 15.1 Å². The number of nitrogens with one attached hydrogen (secondary N) is 2. The summed E-state index contributed by atoms with van der Waals surface area (Å²) < 4.78 is 5.59. The molecule has 2 aliphatic heterocycles. The van der Waals surface area contributed by atoms with Crippen LogP contribution in [0.3, 0.4) is 0 Å². The van der Waals surface area contributed by atoms with Crippen molar-refractivity contribution in [2.45, 2.75) is 44.3 Å². The summed E-state index contributed by atoms with van der Waals surface area (Å²) in [5, 5.41) is 7.73. The molecule has 3 heterocycles. The predicted octanol–water partition coefficient (Wildman–Crippen LogP) is 2.36. The first kappa shape index (κ1) is 12.0. The van der Waals surface area contributed by atoms with Crippen LogP contribution in [0.2, 0.25) is 0 Å². The van der Waals surface area contributed by atoms with Crippen molar-refractivity contribution in [1.82, 2.24) is 10.6 Å². The number of amides is 1. The predicted molar refractivity (Wildman–Crippen MR) is 76.8 cm³/mol. The molecule has 2 aromatic rings. The van der Waals surface area contributed by atoms with E-state index in [1.807, 2.05) is 31.2 Å². The van der Waals surface area contributed by atoms with Gasteiger partial charge in [0, 0.05) is 29.1 Å². The molecule has 2 N–H and O–H groups in total. The second-order valence-corrected chi connectivity index (χ2v) is 5.97. The Morgan fingerprint density at radius 3 is 3.00 bits per heavy atom. The summed E-state index contributed by atoms with van der Waals surface area (Å²) in [4.78, 5) is 12.3. The molecule has 20 heavy (non-hydrogen) atoms. The summed E-state index contributed by atoms with van der Waals surface area (Å²) in [6, 6.07) is 8.96. The third kappa shape index (κ3) is 1.91. The summed E-state index contributed by atoms with van der Waals surface area (Å²) in [7, 11) is 0. The zero-order valence-electron chi connectivity index (χ0n) is 11.5. The highest BCUT2D eigenvalue weighted by molar-refractivity contribution is 5.97. The quantitative estimate of drug-likeness (QED) is 0.881. The highest BCUT2D eigenvalue weighted by Gasteiger charge is 2.39. The first-order valence-electron chi connectivity index (χ1n) is 7.26. The van der Waals surface area contributed by atoms with E-state index in [0.717, 1.165) is 23.2 Å². The van der Waals surface area contributed by atoms with E-state index in [2.05, 4.69) is 10.6 Å². The zero-order valence-corrected chi connectivity index (χ0v) is 11.5. The standard InChI is InChI=1S/C16H18N2O2/c1-9-6-10-2-3-11(7-15(10)20-9)16(19)18-14-8-12-4-5-13(14)17-12/h2-3,6-7,12-14,17H,4-5,8H2,1H3,(H,18,19)/t12?,13?,14-/m1/s1. The molecule has 0 aliphatic carbocycles. The van der Waals surface area contributed by atoms with Gasteiger partial charge in [0.05, 0.1) is 0 Å². The van der Waals surface area contributed by atoms with Gasteiger partial charge in [-0.2, -0.15) is 0 Å². The first-order chi connectivity index (χ1) is 9.69. The van der Waals surface area contributed by atoms with Crippen LogP contribution in [0.25, 0.3) is 11.0 Å². The summed E-state index contributed by atoms with van der Waals surface area (Å²) in [6.45, 7) is 1.92. The molecule has 2 unspecified atom stereocenters. The summed E-state index contributed by atoms with van der Waals surface area (Å²) >= 11 is 0. The van der Waals surface area contributed by atoms with Crippen LogP contribution in [0.4, 0.5) is 0 Å². The number of aryl methyl sites for hydroxylation is 1. The fourth-order valence-electron chi connectivity index (χ4n) is 3.54. The lowest BCUT2D eigenvalue weighted by Crippen LogP contribution is -2.42. The molecule has 1 aromatic heterocycles. The maximum Gasteiger partial charge on any atom is 0.251 e. The number of carbonyl (C=O) groups excluding carboxylic acids is 1. The zero-order chi connectivity index (χ0) is 13.7. The Balaban J connectivity index is 1.54. The SMILES string of the molecule is Cc1cc2ccc(C(=O)N[C@@H]3CC4CCC3N4)cc2o1. The lowest BCUT2D eigenvalue weighted by Gasteiger charge is -2.21. The lowest BCUT2D eigenvalue weighted by molar-refractivity contribution is 0.0931. The minimum atomic E-state index is 0.000281. The van der Waals surface area contributed by atoms with Crippen LogP contribution >= 0.6 is 0 Å². The molecule has 2 fully saturated rings. The van der Waals surface area contributed by atoms with Gasteiger partial charge in [-0.1, -0.05) is 6.07 Å². The van der Waals surface area contributed by atoms with Gasteiger partial charge in [0.1, 0.15) is 11.3 Å². The van der Waals surface area contributed by atoms with E-state index in [9.17, 15) is 4.79 Å². The number of furan rings is 1. The van der Waals surface area contributed by atoms with Gasteiger partial charge in [-0.3, -0.25) is 4.79 Å². The van der Waals surface area contributed by atoms with E-state index >= 15 is 0 Å². The van der Waals surface area contributed by atoms with Crippen LogP contribution in [-0.2, 0) is 0 Å². The monoisotopic (exact) mass is 270 g/mol. The van der Waals surface area contributed by atoms with Gasteiger partial charge in [0.2, 0.25) is 0 Å². The molecule has 4 rings (SSSR count). The van der Waals surface area contributed by atoms with Crippen molar-refractivity contribution in [2.24, 2.45) is 0 Å². The molecule has 104 valence electrons. The fourth-order valence-corrected chi connectivity index (χ4v) is 3.54. The van der Waals surface area contributed by atoms with Gasteiger partial charge in [-0.25, -0.2) is 0 Å². The molecule has 2 bridgehead atoms. The highest BCUT2D eigenvalue weighted by atomic mass is 16.3. The van der Waals surface area contributed by atoms with E-state index in [0.29, 0.717) is 17.6 Å². The molecule has 1 amide bonds. The number of fused-ring (bicyclic) bond motifs is 3. The van der Waals surface area contributed by atoms with Gasteiger partial charge in [0.25, 0.3) is 5.91 Å². The van der Waals surface area contributed by atoms with E-state index < -0.39 is 0 Å². The Bertz CT molecular complexity index is 676. The molecule has 1 aromatic carbocycles. The third-order valence-electron chi connectivity index (χ3n) is 4.52. The summed E-state index contributed by atoms with van der Waals surface area (Å²) in [6.07, 6.45) is 3.47. The third-order valence-corrected chi connectivity index (χ3v) is 4.52. The second-order valence-electron chi connectivity index (χ2n) is 5.97. The van der Waals surface area contributed by atoms with Crippen LogP contribution in [0.15, 0.2) is 28.7 Å². The molecule has 4 heteroatoms. The minimum Gasteiger partial charge on any atom is -0.461 e. The fraction of sp³-hybridized carbons (Fsp3) is 0.438. The number of rotatable bonds is 2. The molecule has 3 atom stereocenters. The van der Waals surface area contributed by atoms with Crippen molar-refractivity contribution in [3.63, 3.8) is 0 Å². The van der Waals surface area contributed by atoms with Crippen molar-refractivity contribution in [3.8, 4) is 0 Å². The first-order valence-corrected chi connectivity index (χ1v) is 7.26. The topological polar surface area (TPSA) is 54.3 Å². The molecule has 0 saturated carbocycles. The highest BCUT2D eigenvalue weighted by Crippen LogP contribution is 2.28. The van der Waals surface area contributed by atoms with Crippen molar-refractivity contribution >= 4 is 16.9 Å².